The molecule has 1 aliphatic heterocycles. The Labute approximate surface area is 111 Å². The van der Waals surface area contributed by atoms with Crippen molar-refractivity contribution in [2.45, 2.75) is 13.0 Å². The number of fused-ring (bicyclic) bond motifs is 3. The fourth-order valence-electron chi connectivity index (χ4n) is 2.39. The highest BCUT2D eigenvalue weighted by Crippen LogP contribution is 2.36. The van der Waals surface area contributed by atoms with Crippen LogP contribution in [0.1, 0.15) is 11.3 Å². The van der Waals surface area contributed by atoms with Crippen molar-refractivity contribution in [1.29, 1.82) is 0 Å². The standard InChI is InChI=1S/C12H12Br2N2/c1-16-5-4-10-7(6-16)11-8(13)2-3-9(14)12(11)15-10/h2-3,15H,4-6H2,1H3. The molecule has 84 valence electrons. The van der Waals surface area contributed by atoms with Gasteiger partial charge < -0.3 is 9.88 Å². The van der Waals surface area contributed by atoms with Crippen molar-refractivity contribution in [3.8, 4) is 0 Å². The number of rotatable bonds is 0. The minimum absolute atomic E-state index is 1.03. The second-order valence-corrected chi connectivity index (χ2v) is 6.06. The lowest BCUT2D eigenvalue weighted by atomic mass is 10.1. The van der Waals surface area contributed by atoms with Crippen molar-refractivity contribution in [3.63, 3.8) is 0 Å². The average Bonchev–Trinajstić information content (AvgIpc) is 2.63. The van der Waals surface area contributed by atoms with E-state index < -0.39 is 0 Å². The molecule has 2 aromatic rings. The van der Waals surface area contributed by atoms with Crippen LogP contribution in [0, 0.1) is 0 Å². The van der Waals surface area contributed by atoms with E-state index in [4.69, 9.17) is 0 Å². The molecule has 3 rings (SSSR count). The van der Waals surface area contributed by atoms with Gasteiger partial charge in [0.1, 0.15) is 0 Å². The molecule has 0 bridgehead atoms. The van der Waals surface area contributed by atoms with E-state index in [0.717, 1.165) is 24.0 Å². The number of benzene rings is 1. The van der Waals surface area contributed by atoms with Gasteiger partial charge in [-0.25, -0.2) is 0 Å². The molecule has 1 aromatic carbocycles. The Morgan fingerprint density at radius 1 is 1.25 bits per heavy atom. The van der Waals surface area contributed by atoms with E-state index in [1.807, 2.05) is 0 Å². The minimum Gasteiger partial charge on any atom is -0.357 e. The molecule has 2 heterocycles. The van der Waals surface area contributed by atoms with Gasteiger partial charge in [0.2, 0.25) is 0 Å². The second-order valence-electron chi connectivity index (χ2n) is 4.35. The highest BCUT2D eigenvalue weighted by molar-refractivity contribution is 9.11. The predicted molar refractivity (Wildman–Crippen MR) is 73.7 cm³/mol. The van der Waals surface area contributed by atoms with Gasteiger partial charge in [0.05, 0.1) is 5.52 Å². The van der Waals surface area contributed by atoms with Gasteiger partial charge in [-0.3, -0.25) is 0 Å². The van der Waals surface area contributed by atoms with Gasteiger partial charge in [-0.1, -0.05) is 15.9 Å². The number of nitrogens with zero attached hydrogens (tertiary/aromatic N) is 1. The number of halogens is 2. The Bertz CT molecular complexity index is 560. The van der Waals surface area contributed by atoms with Crippen molar-refractivity contribution in [2.24, 2.45) is 0 Å². The Morgan fingerprint density at radius 2 is 2.00 bits per heavy atom. The average molecular weight is 344 g/mol. The van der Waals surface area contributed by atoms with Gasteiger partial charge in [-0.2, -0.15) is 0 Å². The maximum atomic E-state index is 3.65. The summed E-state index contributed by atoms with van der Waals surface area (Å²) < 4.78 is 2.32. The molecule has 16 heavy (non-hydrogen) atoms. The fourth-order valence-corrected chi connectivity index (χ4v) is 3.39. The zero-order valence-electron chi connectivity index (χ0n) is 8.98. The molecule has 4 heteroatoms. The van der Waals surface area contributed by atoms with Gasteiger partial charge in [0.25, 0.3) is 0 Å². The van der Waals surface area contributed by atoms with E-state index in [2.05, 4.69) is 60.9 Å². The molecule has 0 amide bonds. The van der Waals surface area contributed by atoms with Crippen molar-refractivity contribution in [3.05, 3.63) is 32.3 Å². The molecule has 0 spiro atoms. The third-order valence-electron chi connectivity index (χ3n) is 3.22. The number of nitrogens with one attached hydrogen (secondary N) is 1. The first-order valence-corrected chi connectivity index (χ1v) is 6.91. The Morgan fingerprint density at radius 3 is 2.81 bits per heavy atom. The number of H-pyrrole nitrogens is 1. The molecule has 0 saturated heterocycles. The van der Waals surface area contributed by atoms with Gasteiger partial charge in [0.15, 0.2) is 0 Å². The normalized spacial score (nSPS) is 16.7. The zero-order chi connectivity index (χ0) is 11.3. The summed E-state index contributed by atoms with van der Waals surface area (Å²) in [6.07, 6.45) is 1.11. The molecular weight excluding hydrogens is 332 g/mol. The molecule has 1 aliphatic rings. The molecule has 1 aromatic heterocycles. The molecule has 2 nitrogen and oxygen atoms in total. The van der Waals surface area contributed by atoms with E-state index in [-0.39, 0.29) is 0 Å². The molecule has 1 N–H and O–H groups in total. The van der Waals surface area contributed by atoms with Crippen LogP contribution in [0.3, 0.4) is 0 Å². The van der Waals surface area contributed by atoms with Gasteiger partial charge in [-0.15, -0.1) is 0 Å². The Balaban J connectivity index is 2.34. The molecule has 0 aliphatic carbocycles. The summed E-state index contributed by atoms with van der Waals surface area (Å²) in [4.78, 5) is 5.91. The van der Waals surface area contributed by atoms with Crippen LogP contribution in [0.5, 0.6) is 0 Å². The van der Waals surface area contributed by atoms with E-state index in [0.29, 0.717) is 0 Å². The molecule has 0 fully saturated rings. The lowest BCUT2D eigenvalue weighted by molar-refractivity contribution is 0.313. The predicted octanol–water partition coefficient (Wildman–Crippen LogP) is 3.68. The molecule has 0 unspecified atom stereocenters. The molecule has 0 atom stereocenters. The van der Waals surface area contributed by atoms with E-state index in [9.17, 15) is 0 Å². The smallest absolute Gasteiger partial charge is 0.0615 e. The van der Waals surface area contributed by atoms with Gasteiger partial charge >= 0.3 is 0 Å². The fraction of sp³-hybridized carbons (Fsp3) is 0.333. The largest absolute Gasteiger partial charge is 0.357 e. The first-order chi connectivity index (χ1) is 7.66. The second kappa shape index (κ2) is 3.86. The van der Waals surface area contributed by atoms with Crippen LogP contribution in [0.2, 0.25) is 0 Å². The number of hydrogen-bond donors (Lipinski definition) is 1. The lowest BCUT2D eigenvalue weighted by Crippen LogP contribution is -2.26. The number of aromatic nitrogens is 1. The summed E-state index contributed by atoms with van der Waals surface area (Å²) in [6.45, 7) is 2.17. The summed E-state index contributed by atoms with van der Waals surface area (Å²) >= 11 is 7.26. The monoisotopic (exact) mass is 342 g/mol. The van der Waals surface area contributed by atoms with Gasteiger partial charge in [-0.05, 0) is 40.7 Å². The van der Waals surface area contributed by atoms with E-state index in [1.165, 1.54) is 26.6 Å². The Kier molecular flexibility index (Phi) is 2.61. The van der Waals surface area contributed by atoms with Crippen molar-refractivity contribution in [2.75, 3.05) is 13.6 Å². The number of aromatic amines is 1. The first-order valence-electron chi connectivity index (χ1n) is 5.33. The number of hydrogen-bond acceptors (Lipinski definition) is 1. The van der Waals surface area contributed by atoms with Crippen LogP contribution in [-0.2, 0) is 13.0 Å². The summed E-state index contributed by atoms with van der Waals surface area (Å²) in [5, 5.41) is 1.33. The molecule has 0 saturated carbocycles. The summed E-state index contributed by atoms with van der Waals surface area (Å²) in [5.74, 6) is 0. The summed E-state index contributed by atoms with van der Waals surface area (Å²) in [7, 11) is 2.17. The third kappa shape index (κ3) is 1.55. The van der Waals surface area contributed by atoms with Gasteiger partial charge in [0, 0.05) is 39.5 Å². The van der Waals surface area contributed by atoms with Crippen molar-refractivity contribution < 1.29 is 0 Å². The Hall–Kier alpha value is -0.320. The summed E-state index contributed by atoms with van der Waals surface area (Å²) in [6, 6.07) is 4.19. The van der Waals surface area contributed by atoms with Crippen LogP contribution < -0.4 is 0 Å². The van der Waals surface area contributed by atoms with Crippen LogP contribution >= 0.6 is 31.9 Å². The van der Waals surface area contributed by atoms with E-state index >= 15 is 0 Å². The van der Waals surface area contributed by atoms with E-state index in [1.54, 1.807) is 0 Å². The third-order valence-corrected chi connectivity index (χ3v) is 4.54. The zero-order valence-corrected chi connectivity index (χ0v) is 12.2. The first kappa shape index (κ1) is 10.8. The van der Waals surface area contributed by atoms with Crippen molar-refractivity contribution in [1.82, 2.24) is 9.88 Å². The molecule has 0 radical (unpaired) electrons. The topological polar surface area (TPSA) is 19.0 Å². The lowest BCUT2D eigenvalue weighted by Gasteiger charge is -2.22. The van der Waals surface area contributed by atoms with Crippen LogP contribution in [0.15, 0.2) is 21.1 Å². The van der Waals surface area contributed by atoms with Crippen LogP contribution in [-0.4, -0.2) is 23.5 Å². The minimum atomic E-state index is 1.03. The quantitative estimate of drug-likeness (QED) is 0.773. The molecular formula is C12H12Br2N2. The highest BCUT2D eigenvalue weighted by Gasteiger charge is 2.20. The number of likely N-dealkylation sites (N-methyl/N-ethyl adjacent to an activating group) is 1. The SMILES string of the molecule is CN1CCc2[nH]c3c(Br)ccc(Br)c3c2C1. The van der Waals surface area contributed by atoms with Crippen LogP contribution in [0.25, 0.3) is 10.9 Å². The van der Waals surface area contributed by atoms with Crippen LogP contribution in [0.4, 0.5) is 0 Å². The summed E-state index contributed by atoms with van der Waals surface area (Å²) in [5.41, 5.74) is 4.05. The maximum Gasteiger partial charge on any atom is 0.0615 e. The highest BCUT2D eigenvalue weighted by atomic mass is 79.9. The maximum absolute atomic E-state index is 3.65. The van der Waals surface area contributed by atoms with Crippen molar-refractivity contribution >= 4 is 42.8 Å².